The minimum absolute atomic E-state index is 0.102. The molecule has 0 aliphatic carbocycles. The Bertz CT molecular complexity index is 565. The van der Waals surface area contributed by atoms with Crippen LogP contribution in [0.25, 0.3) is 0 Å². The summed E-state index contributed by atoms with van der Waals surface area (Å²) in [4.78, 5) is 11.3. The second-order valence-corrected chi connectivity index (χ2v) is 5.86. The highest BCUT2D eigenvalue weighted by molar-refractivity contribution is 5.87. The molecule has 0 atom stereocenters. The standard InChI is InChI=1S/C15H17F11O2/c1-3-4-5-6-7-8-9(2)10(27)28-15(25,26)13(20,21)11(16,17)12(18,19)14(22,23)24/h8H,3-7H2,1-2H3. The minimum atomic E-state index is -7.61. The van der Waals surface area contributed by atoms with Crippen LogP contribution in [0.4, 0.5) is 48.3 Å². The summed E-state index contributed by atoms with van der Waals surface area (Å²) < 4.78 is 143. The van der Waals surface area contributed by atoms with Crippen molar-refractivity contribution < 1.29 is 57.8 Å². The number of unbranched alkanes of at least 4 members (excludes halogenated alkanes) is 4. The third-order valence-electron chi connectivity index (χ3n) is 3.56. The molecule has 0 unspecified atom stereocenters. The van der Waals surface area contributed by atoms with Crippen molar-refractivity contribution in [1.29, 1.82) is 0 Å². The van der Waals surface area contributed by atoms with E-state index >= 15 is 0 Å². The van der Waals surface area contributed by atoms with Gasteiger partial charge in [0.25, 0.3) is 0 Å². The fourth-order valence-corrected chi connectivity index (χ4v) is 1.79. The Morgan fingerprint density at radius 2 is 1.29 bits per heavy atom. The molecule has 0 aliphatic rings. The van der Waals surface area contributed by atoms with Crippen LogP contribution in [0.15, 0.2) is 11.6 Å². The molecule has 2 nitrogen and oxygen atoms in total. The highest BCUT2D eigenvalue weighted by Crippen LogP contribution is 2.57. The summed E-state index contributed by atoms with van der Waals surface area (Å²) in [5, 5.41) is 0. The van der Waals surface area contributed by atoms with Crippen LogP contribution in [0.5, 0.6) is 0 Å². The second kappa shape index (κ2) is 8.85. The first-order valence-corrected chi connectivity index (χ1v) is 7.85. The fourth-order valence-electron chi connectivity index (χ4n) is 1.79. The Balaban J connectivity index is 5.46. The van der Waals surface area contributed by atoms with Gasteiger partial charge in [0, 0.05) is 5.57 Å². The molecule has 0 heterocycles. The SMILES string of the molecule is CCCCCCC=C(C)C(=O)OC(F)(F)C(F)(F)C(F)(F)C(F)(F)C(F)(F)F. The Kier molecular flexibility index (Phi) is 8.36. The molecule has 0 rings (SSSR count). The molecule has 0 fully saturated rings. The van der Waals surface area contributed by atoms with E-state index in [1.807, 2.05) is 6.92 Å². The van der Waals surface area contributed by atoms with Gasteiger partial charge in [-0.3, -0.25) is 0 Å². The number of ether oxygens (including phenoxy) is 1. The summed E-state index contributed by atoms with van der Waals surface area (Å²) in [7, 11) is 0. The molecule has 0 aliphatic heterocycles. The largest absolute Gasteiger partial charge is 0.473 e. The van der Waals surface area contributed by atoms with Crippen molar-refractivity contribution in [3.05, 3.63) is 11.6 Å². The average Bonchev–Trinajstić information content (AvgIpc) is 2.52. The maximum atomic E-state index is 13.3. The third kappa shape index (κ3) is 5.28. The van der Waals surface area contributed by atoms with Crippen LogP contribution in [0.1, 0.15) is 46.0 Å². The van der Waals surface area contributed by atoms with Gasteiger partial charge in [0.15, 0.2) is 0 Å². The molecule has 0 radical (unpaired) electrons. The first-order chi connectivity index (χ1) is 12.4. The lowest BCUT2D eigenvalue weighted by molar-refractivity contribution is -0.449. The van der Waals surface area contributed by atoms with E-state index < -0.39 is 41.6 Å². The van der Waals surface area contributed by atoms with Crippen LogP contribution < -0.4 is 0 Å². The molecule has 28 heavy (non-hydrogen) atoms. The summed E-state index contributed by atoms with van der Waals surface area (Å²) in [5.41, 5.74) is -0.738. The number of carbonyl (C=O) groups excluding carboxylic acids is 1. The van der Waals surface area contributed by atoms with Crippen LogP contribution in [0.2, 0.25) is 0 Å². The lowest BCUT2D eigenvalue weighted by Gasteiger charge is -2.36. The molecule has 0 saturated carbocycles. The van der Waals surface area contributed by atoms with E-state index in [1.54, 1.807) is 0 Å². The molecule has 0 N–H and O–H groups in total. The average molecular weight is 438 g/mol. The van der Waals surface area contributed by atoms with Crippen LogP contribution in [-0.4, -0.2) is 36.0 Å². The van der Waals surface area contributed by atoms with Gasteiger partial charge in [-0.2, -0.15) is 48.3 Å². The molecule has 0 aromatic rings. The van der Waals surface area contributed by atoms with Gasteiger partial charge >= 0.3 is 36.0 Å². The summed E-state index contributed by atoms with van der Waals surface area (Å²) >= 11 is 0. The number of rotatable bonds is 10. The van der Waals surface area contributed by atoms with Gasteiger partial charge in [0.05, 0.1) is 0 Å². The van der Waals surface area contributed by atoms with E-state index in [9.17, 15) is 53.1 Å². The number of alkyl halides is 11. The van der Waals surface area contributed by atoms with Crippen molar-refractivity contribution in [2.45, 2.75) is 76.0 Å². The molecule has 0 bridgehead atoms. The molecular weight excluding hydrogens is 421 g/mol. The van der Waals surface area contributed by atoms with E-state index in [0.717, 1.165) is 25.8 Å². The number of halogens is 11. The first kappa shape index (κ1) is 26.4. The van der Waals surface area contributed by atoms with Gasteiger partial charge in [-0.05, 0) is 19.8 Å². The monoisotopic (exact) mass is 438 g/mol. The highest BCUT2D eigenvalue weighted by atomic mass is 19.4. The van der Waals surface area contributed by atoms with Crippen LogP contribution in [0.3, 0.4) is 0 Å². The lowest BCUT2D eigenvalue weighted by Crippen LogP contribution is -2.67. The number of hydrogen-bond donors (Lipinski definition) is 0. The number of esters is 1. The van der Waals surface area contributed by atoms with E-state index in [0.29, 0.717) is 12.8 Å². The second-order valence-electron chi connectivity index (χ2n) is 5.86. The van der Waals surface area contributed by atoms with Crippen LogP contribution >= 0.6 is 0 Å². The topological polar surface area (TPSA) is 26.3 Å². The molecule has 0 spiro atoms. The quantitative estimate of drug-likeness (QED) is 0.168. The predicted molar refractivity (Wildman–Crippen MR) is 74.5 cm³/mol. The zero-order valence-electron chi connectivity index (χ0n) is 14.6. The third-order valence-corrected chi connectivity index (χ3v) is 3.56. The molecule has 166 valence electrons. The van der Waals surface area contributed by atoms with Gasteiger partial charge in [0.2, 0.25) is 0 Å². The fraction of sp³-hybridized carbons (Fsp3) is 0.800. The maximum Gasteiger partial charge on any atom is 0.473 e. The van der Waals surface area contributed by atoms with Crippen molar-refractivity contribution >= 4 is 5.97 Å². The van der Waals surface area contributed by atoms with Crippen molar-refractivity contribution in [1.82, 2.24) is 0 Å². The molecule has 0 aromatic heterocycles. The van der Waals surface area contributed by atoms with E-state index in [1.165, 1.54) is 0 Å². The zero-order valence-corrected chi connectivity index (χ0v) is 14.6. The normalized spacial score (nSPS) is 15.0. The number of hydrogen-bond acceptors (Lipinski definition) is 2. The Labute approximate surface area is 152 Å². The van der Waals surface area contributed by atoms with Gasteiger partial charge in [-0.25, -0.2) is 4.79 Å². The molecule has 0 aromatic carbocycles. The molecule has 13 heteroatoms. The van der Waals surface area contributed by atoms with Crippen LogP contribution in [-0.2, 0) is 9.53 Å². The summed E-state index contributed by atoms with van der Waals surface area (Å²) in [6.07, 6.45) is -10.1. The van der Waals surface area contributed by atoms with Crippen LogP contribution in [0, 0.1) is 0 Å². The van der Waals surface area contributed by atoms with Crippen molar-refractivity contribution in [2.75, 3.05) is 0 Å². The van der Waals surface area contributed by atoms with Crippen molar-refractivity contribution in [3.8, 4) is 0 Å². The van der Waals surface area contributed by atoms with Gasteiger partial charge in [0.1, 0.15) is 0 Å². The Morgan fingerprint density at radius 3 is 1.71 bits per heavy atom. The smallest absolute Gasteiger partial charge is 0.393 e. The van der Waals surface area contributed by atoms with Crippen molar-refractivity contribution in [3.63, 3.8) is 0 Å². The van der Waals surface area contributed by atoms with Crippen molar-refractivity contribution in [2.24, 2.45) is 0 Å². The summed E-state index contributed by atoms with van der Waals surface area (Å²) in [5.74, 6) is -24.8. The number of allylic oxidation sites excluding steroid dienone is 1. The molecular formula is C15H17F11O2. The molecule has 0 saturated heterocycles. The number of carbonyl (C=O) groups is 1. The lowest BCUT2D eigenvalue weighted by atomic mass is 10.0. The summed E-state index contributed by atoms with van der Waals surface area (Å²) in [6, 6.07) is 0. The minimum Gasteiger partial charge on any atom is -0.393 e. The Hall–Kier alpha value is -1.56. The zero-order chi connectivity index (χ0) is 22.6. The highest BCUT2D eigenvalue weighted by Gasteiger charge is 2.88. The van der Waals surface area contributed by atoms with E-state index in [2.05, 4.69) is 4.74 Å². The van der Waals surface area contributed by atoms with Gasteiger partial charge in [-0.15, -0.1) is 0 Å². The van der Waals surface area contributed by atoms with E-state index in [-0.39, 0.29) is 6.42 Å². The molecule has 0 amide bonds. The maximum absolute atomic E-state index is 13.3. The first-order valence-electron chi connectivity index (χ1n) is 7.85. The predicted octanol–water partition coefficient (Wildman–Crippen LogP) is 6.51. The Morgan fingerprint density at radius 1 is 0.786 bits per heavy atom. The van der Waals surface area contributed by atoms with Gasteiger partial charge < -0.3 is 4.74 Å². The van der Waals surface area contributed by atoms with E-state index in [4.69, 9.17) is 0 Å². The summed E-state index contributed by atoms with van der Waals surface area (Å²) in [6.45, 7) is 2.66. The van der Waals surface area contributed by atoms with Gasteiger partial charge in [-0.1, -0.05) is 32.3 Å².